The second-order valence-corrected chi connectivity index (χ2v) is 6.99. The number of Topliss-reactive ketones (excluding diaryl/α,β-unsaturated/α-hetero) is 1. The summed E-state index contributed by atoms with van der Waals surface area (Å²) in [5.74, 6) is 0.772. The van der Waals surface area contributed by atoms with Gasteiger partial charge >= 0.3 is 0 Å². The third kappa shape index (κ3) is 3.88. The molecule has 0 radical (unpaired) electrons. The van der Waals surface area contributed by atoms with Crippen molar-refractivity contribution in [3.8, 4) is 28.3 Å². The van der Waals surface area contributed by atoms with Crippen molar-refractivity contribution in [3.63, 3.8) is 0 Å². The maximum absolute atomic E-state index is 11.2. The normalized spacial score (nSPS) is 12.1. The molecule has 4 aromatic rings. The van der Waals surface area contributed by atoms with E-state index in [1.54, 1.807) is 7.11 Å². The van der Waals surface area contributed by atoms with Crippen LogP contribution in [0.2, 0.25) is 0 Å². The number of aliphatic hydroxyl groups excluding tert-OH is 1. The van der Waals surface area contributed by atoms with Gasteiger partial charge in [-0.25, -0.2) is 0 Å². The number of rotatable bonds is 6. The van der Waals surface area contributed by atoms with Gasteiger partial charge in [0.15, 0.2) is 0 Å². The molecule has 0 saturated carbocycles. The highest BCUT2D eigenvalue weighted by atomic mass is 16.5. The topological polar surface area (TPSA) is 88.1 Å². The maximum Gasteiger partial charge on any atom is 0.132 e. The monoisotopic (exact) mass is 387 g/mol. The van der Waals surface area contributed by atoms with E-state index in [0.29, 0.717) is 5.56 Å². The molecule has 0 aliphatic rings. The number of hydrogen-bond acceptors (Lipinski definition) is 5. The van der Waals surface area contributed by atoms with E-state index < -0.39 is 6.10 Å². The van der Waals surface area contributed by atoms with Crippen LogP contribution in [0.4, 0.5) is 0 Å². The first-order valence-corrected chi connectivity index (χ1v) is 9.32. The molecule has 0 aliphatic heterocycles. The van der Waals surface area contributed by atoms with Gasteiger partial charge in [0.1, 0.15) is 22.9 Å². The molecule has 6 heteroatoms. The molecule has 0 amide bonds. The third-order valence-corrected chi connectivity index (χ3v) is 4.92. The molecular formula is C23H21N3O3. The lowest BCUT2D eigenvalue weighted by Gasteiger charge is -2.10. The molecule has 1 heterocycles. The van der Waals surface area contributed by atoms with Gasteiger partial charge in [-0.05, 0) is 41.5 Å². The highest BCUT2D eigenvalue weighted by Crippen LogP contribution is 2.32. The van der Waals surface area contributed by atoms with E-state index in [9.17, 15) is 9.90 Å². The molecule has 1 atom stereocenters. The van der Waals surface area contributed by atoms with Crippen LogP contribution in [0.1, 0.15) is 25.0 Å². The minimum atomic E-state index is -0.796. The summed E-state index contributed by atoms with van der Waals surface area (Å²) in [6.07, 6.45) is -0.688. The van der Waals surface area contributed by atoms with Crippen LogP contribution >= 0.6 is 0 Å². The Labute approximate surface area is 168 Å². The van der Waals surface area contributed by atoms with Gasteiger partial charge in [-0.2, -0.15) is 15.4 Å². The summed E-state index contributed by atoms with van der Waals surface area (Å²) in [6, 6.07) is 19.4. The Morgan fingerprint density at radius 1 is 0.966 bits per heavy atom. The van der Waals surface area contributed by atoms with Crippen LogP contribution in [0.5, 0.6) is 5.75 Å². The Bertz CT molecular complexity index is 1170. The molecule has 29 heavy (non-hydrogen) atoms. The molecule has 0 saturated heterocycles. The number of fused-ring (bicyclic) bond motifs is 1. The molecule has 0 fully saturated rings. The molecule has 0 bridgehead atoms. The van der Waals surface area contributed by atoms with Gasteiger partial charge in [-0.3, -0.25) is 4.79 Å². The Balaban J connectivity index is 1.66. The SMILES string of the molecule is COc1ccc2cc(-c3n[nH]nc3-c3ccc(C(O)CC(C)=O)cc3)ccc2c1. The van der Waals surface area contributed by atoms with E-state index in [1.807, 2.05) is 54.6 Å². The Hall–Kier alpha value is -3.51. The average molecular weight is 387 g/mol. The standard InChI is InChI=1S/C23H21N3O3/c1-14(27)11-21(28)15-3-5-16(6-4-15)22-23(25-26-24-22)19-8-7-18-13-20(29-2)10-9-17(18)12-19/h3-10,12-13,21,28H,11H2,1-2H3,(H,24,25,26). The number of hydrogen-bond donors (Lipinski definition) is 2. The minimum Gasteiger partial charge on any atom is -0.497 e. The summed E-state index contributed by atoms with van der Waals surface area (Å²) in [4.78, 5) is 11.2. The number of nitrogens with one attached hydrogen (secondary N) is 1. The number of aromatic amines is 1. The third-order valence-electron chi connectivity index (χ3n) is 4.92. The summed E-state index contributed by atoms with van der Waals surface area (Å²) in [7, 11) is 1.65. The van der Waals surface area contributed by atoms with Crippen LogP contribution in [0, 0.1) is 0 Å². The molecule has 4 rings (SSSR count). The van der Waals surface area contributed by atoms with Crippen molar-refractivity contribution < 1.29 is 14.6 Å². The summed E-state index contributed by atoms with van der Waals surface area (Å²) in [6.45, 7) is 1.47. The first-order valence-electron chi connectivity index (χ1n) is 9.32. The number of ketones is 1. The lowest BCUT2D eigenvalue weighted by molar-refractivity contribution is -0.118. The van der Waals surface area contributed by atoms with E-state index in [-0.39, 0.29) is 12.2 Å². The van der Waals surface area contributed by atoms with Crippen molar-refractivity contribution in [2.75, 3.05) is 7.11 Å². The minimum absolute atomic E-state index is 0.0470. The highest BCUT2D eigenvalue weighted by molar-refractivity contribution is 5.90. The lowest BCUT2D eigenvalue weighted by Crippen LogP contribution is -2.03. The fourth-order valence-corrected chi connectivity index (χ4v) is 3.38. The zero-order chi connectivity index (χ0) is 20.4. The predicted molar refractivity (Wildman–Crippen MR) is 112 cm³/mol. The van der Waals surface area contributed by atoms with Crippen LogP contribution < -0.4 is 4.74 Å². The summed E-state index contributed by atoms with van der Waals surface area (Å²) in [5, 5.41) is 23.7. The Kier molecular flexibility index (Phi) is 5.10. The van der Waals surface area contributed by atoms with E-state index in [0.717, 1.165) is 39.0 Å². The summed E-state index contributed by atoms with van der Waals surface area (Å²) < 4.78 is 5.29. The number of methoxy groups -OCH3 is 1. The molecule has 1 unspecified atom stereocenters. The van der Waals surface area contributed by atoms with Crippen molar-refractivity contribution in [2.24, 2.45) is 0 Å². The van der Waals surface area contributed by atoms with Crippen LogP contribution in [0.15, 0.2) is 60.7 Å². The number of aliphatic hydroxyl groups is 1. The van der Waals surface area contributed by atoms with Crippen molar-refractivity contribution in [2.45, 2.75) is 19.4 Å². The smallest absolute Gasteiger partial charge is 0.132 e. The maximum atomic E-state index is 11.2. The van der Waals surface area contributed by atoms with Gasteiger partial charge in [0.25, 0.3) is 0 Å². The van der Waals surface area contributed by atoms with Crippen molar-refractivity contribution in [1.29, 1.82) is 0 Å². The molecule has 3 aromatic carbocycles. The highest BCUT2D eigenvalue weighted by Gasteiger charge is 2.15. The molecular weight excluding hydrogens is 366 g/mol. The van der Waals surface area contributed by atoms with Crippen molar-refractivity contribution in [3.05, 3.63) is 66.2 Å². The second kappa shape index (κ2) is 7.85. The van der Waals surface area contributed by atoms with Crippen molar-refractivity contribution in [1.82, 2.24) is 15.4 Å². The predicted octanol–water partition coefficient (Wildman–Crippen LogP) is 4.31. The number of nitrogens with zero attached hydrogens (tertiary/aromatic N) is 2. The van der Waals surface area contributed by atoms with Crippen LogP contribution in [-0.4, -0.2) is 33.4 Å². The molecule has 0 spiro atoms. The molecule has 2 N–H and O–H groups in total. The summed E-state index contributed by atoms with van der Waals surface area (Å²) in [5.41, 5.74) is 4.01. The van der Waals surface area contributed by atoms with Crippen molar-refractivity contribution >= 4 is 16.6 Å². The number of carbonyl (C=O) groups excluding carboxylic acids is 1. The first kappa shape index (κ1) is 18.8. The first-order chi connectivity index (χ1) is 14.0. The number of ether oxygens (including phenoxy) is 1. The van der Waals surface area contributed by atoms with Gasteiger partial charge < -0.3 is 9.84 Å². The lowest BCUT2D eigenvalue weighted by atomic mass is 9.99. The molecule has 1 aromatic heterocycles. The Morgan fingerprint density at radius 2 is 1.59 bits per heavy atom. The second-order valence-electron chi connectivity index (χ2n) is 6.99. The Morgan fingerprint density at radius 3 is 2.28 bits per heavy atom. The zero-order valence-electron chi connectivity index (χ0n) is 16.2. The quantitative estimate of drug-likeness (QED) is 0.515. The number of carbonyl (C=O) groups is 1. The van der Waals surface area contributed by atoms with Gasteiger partial charge in [-0.15, -0.1) is 0 Å². The van der Waals surface area contributed by atoms with E-state index >= 15 is 0 Å². The van der Waals surface area contributed by atoms with E-state index in [1.165, 1.54) is 6.92 Å². The van der Waals surface area contributed by atoms with Gasteiger partial charge in [0.2, 0.25) is 0 Å². The van der Waals surface area contributed by atoms with E-state index in [2.05, 4.69) is 21.5 Å². The fraction of sp³-hybridized carbons (Fsp3) is 0.174. The zero-order valence-corrected chi connectivity index (χ0v) is 16.2. The van der Waals surface area contributed by atoms with Gasteiger partial charge in [0, 0.05) is 17.5 Å². The van der Waals surface area contributed by atoms with Gasteiger partial charge in [-0.1, -0.05) is 42.5 Å². The summed E-state index contributed by atoms with van der Waals surface area (Å²) >= 11 is 0. The van der Waals surface area contributed by atoms with Crippen LogP contribution in [0.3, 0.4) is 0 Å². The van der Waals surface area contributed by atoms with E-state index in [4.69, 9.17) is 4.74 Å². The number of H-pyrrole nitrogens is 1. The van der Waals surface area contributed by atoms with Gasteiger partial charge in [0.05, 0.1) is 13.2 Å². The van der Waals surface area contributed by atoms with Crippen LogP contribution in [-0.2, 0) is 4.79 Å². The molecule has 6 nitrogen and oxygen atoms in total. The number of aromatic nitrogens is 3. The molecule has 0 aliphatic carbocycles. The molecule has 146 valence electrons. The number of benzene rings is 3. The van der Waals surface area contributed by atoms with Crippen LogP contribution in [0.25, 0.3) is 33.3 Å². The fourth-order valence-electron chi connectivity index (χ4n) is 3.38. The average Bonchev–Trinajstić information content (AvgIpc) is 3.22. The largest absolute Gasteiger partial charge is 0.497 e.